The molecule has 5 nitrogen and oxygen atoms in total. The topological polar surface area (TPSA) is 66.9 Å². The van der Waals surface area contributed by atoms with Crippen molar-refractivity contribution in [1.82, 2.24) is 15.3 Å². The molecule has 154 valence electrons. The van der Waals surface area contributed by atoms with E-state index in [4.69, 9.17) is 0 Å². The van der Waals surface area contributed by atoms with E-state index in [0.29, 0.717) is 24.1 Å². The highest BCUT2D eigenvalue weighted by Crippen LogP contribution is 2.22. The molecule has 5 heteroatoms. The molecule has 0 bridgehead atoms. The molecule has 0 unspecified atom stereocenters. The first-order chi connectivity index (χ1) is 14.8. The summed E-state index contributed by atoms with van der Waals surface area (Å²) in [5.41, 5.74) is 3.82. The summed E-state index contributed by atoms with van der Waals surface area (Å²) in [4.78, 5) is 21.3. The third kappa shape index (κ3) is 5.44. The zero-order valence-corrected chi connectivity index (χ0v) is 17.2. The number of carbonyl (C=O) groups excluding carboxylic acids is 1. The Kier molecular flexibility index (Phi) is 6.70. The molecule has 1 fully saturated rings. The number of hydrogen-bond acceptors (Lipinski definition) is 4. The summed E-state index contributed by atoms with van der Waals surface area (Å²) < 4.78 is 0. The predicted octanol–water partition coefficient (Wildman–Crippen LogP) is 4.86. The Labute approximate surface area is 178 Å². The zero-order chi connectivity index (χ0) is 20.6. The van der Waals surface area contributed by atoms with Gasteiger partial charge in [-0.3, -0.25) is 4.79 Å². The van der Waals surface area contributed by atoms with Crippen LogP contribution in [0.25, 0.3) is 11.1 Å². The van der Waals surface area contributed by atoms with Crippen molar-refractivity contribution in [3.8, 4) is 11.1 Å². The number of nitrogens with one attached hydrogen (secondary N) is 2. The molecule has 0 radical (unpaired) electrons. The molecular weight excluding hydrogens is 372 g/mol. The highest BCUT2D eigenvalue weighted by molar-refractivity contribution is 5.94. The molecule has 0 atom stereocenters. The highest BCUT2D eigenvalue weighted by atomic mass is 16.1. The maximum Gasteiger partial charge on any atom is 0.251 e. The fourth-order valence-electron chi connectivity index (χ4n) is 3.86. The van der Waals surface area contributed by atoms with Gasteiger partial charge in [-0.25, -0.2) is 9.97 Å². The Morgan fingerprint density at radius 3 is 2.27 bits per heavy atom. The van der Waals surface area contributed by atoms with Crippen LogP contribution in [0.1, 0.15) is 48.0 Å². The Balaban J connectivity index is 1.30. The molecule has 3 aromatic rings. The van der Waals surface area contributed by atoms with E-state index in [2.05, 4.69) is 32.7 Å². The minimum absolute atomic E-state index is 0.0549. The molecule has 0 spiro atoms. The van der Waals surface area contributed by atoms with E-state index in [1.165, 1.54) is 37.7 Å². The van der Waals surface area contributed by atoms with E-state index in [9.17, 15) is 4.79 Å². The Hall–Kier alpha value is -3.21. The van der Waals surface area contributed by atoms with E-state index in [1.54, 1.807) is 0 Å². The summed E-state index contributed by atoms with van der Waals surface area (Å²) in [5, 5.41) is 6.42. The van der Waals surface area contributed by atoms with Gasteiger partial charge in [0.15, 0.2) is 0 Å². The van der Waals surface area contributed by atoms with Crippen molar-refractivity contribution in [3.63, 3.8) is 0 Å². The monoisotopic (exact) mass is 400 g/mol. The summed E-state index contributed by atoms with van der Waals surface area (Å²) >= 11 is 0. The third-order valence-corrected chi connectivity index (χ3v) is 5.61. The van der Waals surface area contributed by atoms with Gasteiger partial charge in [0.05, 0.1) is 0 Å². The van der Waals surface area contributed by atoms with Crippen molar-refractivity contribution in [2.75, 3.05) is 11.9 Å². The lowest BCUT2D eigenvalue weighted by Gasteiger charge is -2.22. The SMILES string of the molecule is O=C(NCCc1ccccc1)c1ccc(-c2cnc(NC3CCCCC3)nc2)cc1. The van der Waals surface area contributed by atoms with Crippen LogP contribution in [0.4, 0.5) is 5.95 Å². The van der Waals surface area contributed by atoms with E-state index in [-0.39, 0.29) is 5.91 Å². The second-order valence-electron chi connectivity index (χ2n) is 7.84. The van der Waals surface area contributed by atoms with E-state index in [0.717, 1.165) is 17.5 Å². The quantitative estimate of drug-likeness (QED) is 0.594. The molecule has 1 saturated carbocycles. The van der Waals surface area contributed by atoms with Crippen molar-refractivity contribution in [2.45, 2.75) is 44.6 Å². The number of anilines is 1. The molecule has 1 aliphatic carbocycles. The predicted molar refractivity (Wildman–Crippen MR) is 120 cm³/mol. The Bertz CT molecular complexity index is 933. The lowest BCUT2D eigenvalue weighted by atomic mass is 9.96. The van der Waals surface area contributed by atoms with Crippen LogP contribution in [-0.4, -0.2) is 28.5 Å². The fourth-order valence-corrected chi connectivity index (χ4v) is 3.86. The normalized spacial score (nSPS) is 14.3. The lowest BCUT2D eigenvalue weighted by Crippen LogP contribution is -2.25. The van der Waals surface area contributed by atoms with Crippen molar-refractivity contribution >= 4 is 11.9 Å². The fraction of sp³-hybridized carbons (Fsp3) is 0.320. The van der Waals surface area contributed by atoms with Gasteiger partial charge in [-0.15, -0.1) is 0 Å². The van der Waals surface area contributed by atoms with E-state index >= 15 is 0 Å². The van der Waals surface area contributed by atoms with Gasteiger partial charge in [-0.05, 0) is 42.5 Å². The van der Waals surface area contributed by atoms with Crippen LogP contribution in [0.15, 0.2) is 67.0 Å². The molecule has 1 aliphatic rings. The van der Waals surface area contributed by atoms with Gasteiger partial charge >= 0.3 is 0 Å². The maximum absolute atomic E-state index is 12.4. The summed E-state index contributed by atoms with van der Waals surface area (Å²) in [6, 6.07) is 18.2. The van der Waals surface area contributed by atoms with E-state index in [1.807, 2.05) is 54.9 Å². The highest BCUT2D eigenvalue weighted by Gasteiger charge is 2.14. The zero-order valence-electron chi connectivity index (χ0n) is 17.2. The Morgan fingerprint density at radius 1 is 0.867 bits per heavy atom. The van der Waals surface area contributed by atoms with Gasteiger partial charge in [0.1, 0.15) is 0 Å². The molecule has 4 rings (SSSR count). The van der Waals surface area contributed by atoms with Crippen molar-refractivity contribution < 1.29 is 4.79 Å². The van der Waals surface area contributed by atoms with Crippen LogP contribution in [0, 0.1) is 0 Å². The molecule has 1 amide bonds. The second-order valence-corrected chi connectivity index (χ2v) is 7.84. The number of amides is 1. The van der Waals surface area contributed by atoms with Gasteiger partial charge in [0.2, 0.25) is 5.95 Å². The number of aromatic nitrogens is 2. The first kappa shape index (κ1) is 20.1. The first-order valence-electron chi connectivity index (χ1n) is 10.8. The van der Waals surface area contributed by atoms with Crippen LogP contribution in [0.2, 0.25) is 0 Å². The summed E-state index contributed by atoms with van der Waals surface area (Å²) in [6.07, 6.45) is 10.8. The summed E-state index contributed by atoms with van der Waals surface area (Å²) in [6.45, 7) is 0.619. The van der Waals surface area contributed by atoms with Gasteiger partial charge in [0, 0.05) is 36.1 Å². The molecule has 30 heavy (non-hydrogen) atoms. The van der Waals surface area contributed by atoms with Crippen LogP contribution in [-0.2, 0) is 6.42 Å². The standard InChI is InChI=1S/C25H28N4O/c30-24(26-16-15-19-7-3-1-4-8-19)21-13-11-20(12-14-21)22-17-27-25(28-18-22)29-23-9-5-2-6-10-23/h1,3-4,7-8,11-14,17-18,23H,2,5-6,9-10,15-16H2,(H,26,30)(H,27,28,29). The van der Waals surface area contributed by atoms with Crippen LogP contribution in [0.5, 0.6) is 0 Å². The Morgan fingerprint density at radius 2 is 1.57 bits per heavy atom. The average molecular weight is 401 g/mol. The average Bonchev–Trinajstić information content (AvgIpc) is 2.81. The van der Waals surface area contributed by atoms with Gasteiger partial charge in [-0.2, -0.15) is 0 Å². The number of nitrogens with zero attached hydrogens (tertiary/aromatic N) is 2. The molecule has 2 N–H and O–H groups in total. The number of rotatable bonds is 7. The molecule has 0 saturated heterocycles. The van der Waals surface area contributed by atoms with E-state index < -0.39 is 0 Å². The van der Waals surface area contributed by atoms with Crippen LogP contribution < -0.4 is 10.6 Å². The molecule has 2 aromatic carbocycles. The van der Waals surface area contributed by atoms with Gasteiger partial charge in [0.25, 0.3) is 5.91 Å². The second kappa shape index (κ2) is 10.0. The first-order valence-corrected chi connectivity index (χ1v) is 10.8. The number of carbonyl (C=O) groups is 1. The lowest BCUT2D eigenvalue weighted by molar-refractivity contribution is 0.0954. The maximum atomic E-state index is 12.4. The number of hydrogen-bond donors (Lipinski definition) is 2. The van der Waals surface area contributed by atoms with Gasteiger partial charge in [-0.1, -0.05) is 61.7 Å². The number of benzene rings is 2. The van der Waals surface area contributed by atoms with Crippen molar-refractivity contribution in [2.24, 2.45) is 0 Å². The minimum Gasteiger partial charge on any atom is -0.352 e. The van der Waals surface area contributed by atoms with Crippen LogP contribution in [0.3, 0.4) is 0 Å². The molecule has 0 aliphatic heterocycles. The van der Waals surface area contributed by atoms with Crippen LogP contribution >= 0.6 is 0 Å². The molecule has 1 aromatic heterocycles. The summed E-state index contributed by atoms with van der Waals surface area (Å²) in [5.74, 6) is 0.640. The smallest absolute Gasteiger partial charge is 0.251 e. The largest absolute Gasteiger partial charge is 0.352 e. The summed E-state index contributed by atoms with van der Waals surface area (Å²) in [7, 11) is 0. The molecule has 1 heterocycles. The minimum atomic E-state index is -0.0549. The molecular formula is C25H28N4O. The third-order valence-electron chi connectivity index (χ3n) is 5.61. The van der Waals surface area contributed by atoms with Crippen molar-refractivity contribution in [3.05, 3.63) is 78.1 Å². The van der Waals surface area contributed by atoms with Crippen molar-refractivity contribution in [1.29, 1.82) is 0 Å². The van der Waals surface area contributed by atoms with Gasteiger partial charge < -0.3 is 10.6 Å².